The quantitative estimate of drug-likeness (QED) is 0.242. The third kappa shape index (κ3) is 2.42. The highest BCUT2D eigenvalue weighted by molar-refractivity contribution is 6.25. The van der Waals surface area contributed by atoms with Crippen molar-refractivity contribution in [2.45, 2.75) is 19.3 Å². The minimum absolute atomic E-state index is 0.109. The molecule has 0 atom stereocenters. The van der Waals surface area contributed by atoms with Gasteiger partial charge in [0.05, 0.1) is 27.8 Å². The molecule has 0 saturated carbocycles. The molecule has 1 aliphatic rings. The van der Waals surface area contributed by atoms with Gasteiger partial charge in [0.25, 0.3) is 0 Å². The van der Waals surface area contributed by atoms with E-state index in [0.29, 0.717) is 0 Å². The zero-order valence-electron chi connectivity index (χ0n) is 20.1. The molecule has 3 heteroatoms. The zero-order chi connectivity index (χ0) is 24.0. The van der Waals surface area contributed by atoms with Gasteiger partial charge in [-0.05, 0) is 53.6 Å². The van der Waals surface area contributed by atoms with Crippen molar-refractivity contribution in [3.8, 4) is 0 Å². The van der Waals surface area contributed by atoms with Gasteiger partial charge >= 0.3 is 0 Å². The Balaban J connectivity index is 1.53. The van der Waals surface area contributed by atoms with Gasteiger partial charge in [-0.25, -0.2) is 0 Å². The number of furan rings is 2. The Hall–Kier alpha value is -4.50. The summed E-state index contributed by atoms with van der Waals surface area (Å²) in [6, 6.07) is 36.2. The van der Waals surface area contributed by atoms with Crippen molar-refractivity contribution in [1.82, 2.24) is 0 Å². The summed E-state index contributed by atoms with van der Waals surface area (Å²) in [6.07, 6.45) is 0. The van der Waals surface area contributed by atoms with Gasteiger partial charge in [0.15, 0.2) is 0 Å². The topological polar surface area (TPSA) is 29.5 Å². The fourth-order valence-electron chi connectivity index (χ4n) is 6.18. The molecule has 172 valence electrons. The number of nitrogens with zero attached hydrogens (tertiary/aromatic N) is 1. The lowest BCUT2D eigenvalue weighted by atomic mass is 9.73. The number of hydrogen-bond acceptors (Lipinski definition) is 3. The van der Waals surface area contributed by atoms with Gasteiger partial charge in [-0.2, -0.15) is 0 Å². The summed E-state index contributed by atoms with van der Waals surface area (Å²) in [5.41, 5.74) is 9.44. The fraction of sp³-hybridized carbons (Fsp3) is 0.0909. The van der Waals surface area contributed by atoms with Crippen LogP contribution in [0.5, 0.6) is 0 Å². The molecule has 0 fully saturated rings. The second kappa shape index (κ2) is 6.79. The molecule has 5 aromatic carbocycles. The average molecular weight is 466 g/mol. The van der Waals surface area contributed by atoms with Crippen LogP contribution in [0, 0.1) is 0 Å². The SMILES string of the molecule is CC1(C)c2ccccc2N(c2cccc3oc4ccc5c6ccccc6oc5c4c23)c2ccccc21. The summed E-state index contributed by atoms with van der Waals surface area (Å²) in [5.74, 6) is 0. The predicted octanol–water partition coefficient (Wildman–Crippen LogP) is 9.59. The molecule has 7 aromatic rings. The molecular formula is C33H23NO2. The summed E-state index contributed by atoms with van der Waals surface area (Å²) in [7, 11) is 0. The third-order valence-corrected chi connectivity index (χ3v) is 7.86. The van der Waals surface area contributed by atoms with Crippen molar-refractivity contribution in [3.05, 3.63) is 114 Å². The van der Waals surface area contributed by atoms with Crippen LogP contribution in [0.1, 0.15) is 25.0 Å². The monoisotopic (exact) mass is 465 g/mol. The van der Waals surface area contributed by atoms with Crippen LogP contribution in [-0.4, -0.2) is 0 Å². The Bertz CT molecular complexity index is 1940. The number of hydrogen-bond donors (Lipinski definition) is 0. The second-order valence-electron chi connectivity index (χ2n) is 10.2. The summed E-state index contributed by atoms with van der Waals surface area (Å²) in [5, 5.41) is 4.32. The lowest BCUT2D eigenvalue weighted by Crippen LogP contribution is -2.30. The number of anilines is 3. The predicted molar refractivity (Wildman–Crippen MR) is 148 cm³/mol. The highest BCUT2D eigenvalue weighted by Crippen LogP contribution is 2.54. The van der Waals surface area contributed by atoms with Crippen LogP contribution in [0.15, 0.2) is 112 Å². The second-order valence-corrected chi connectivity index (χ2v) is 10.2. The van der Waals surface area contributed by atoms with Crippen molar-refractivity contribution in [2.75, 3.05) is 4.90 Å². The molecule has 0 N–H and O–H groups in total. The molecule has 0 saturated heterocycles. The number of rotatable bonds is 1. The molecule has 0 amide bonds. The van der Waals surface area contributed by atoms with E-state index in [1.54, 1.807) is 0 Å². The van der Waals surface area contributed by atoms with Crippen molar-refractivity contribution in [2.24, 2.45) is 0 Å². The molecule has 3 heterocycles. The van der Waals surface area contributed by atoms with E-state index in [1.807, 2.05) is 12.1 Å². The summed E-state index contributed by atoms with van der Waals surface area (Å²) < 4.78 is 12.9. The molecule has 2 aromatic heterocycles. The van der Waals surface area contributed by atoms with E-state index in [1.165, 1.54) is 22.5 Å². The summed E-state index contributed by atoms with van der Waals surface area (Å²) >= 11 is 0. The average Bonchev–Trinajstić information content (AvgIpc) is 3.47. The first-order valence-electron chi connectivity index (χ1n) is 12.4. The van der Waals surface area contributed by atoms with Crippen LogP contribution in [0.3, 0.4) is 0 Å². The lowest BCUT2D eigenvalue weighted by Gasteiger charge is -2.42. The van der Waals surface area contributed by atoms with E-state index in [2.05, 4.69) is 110 Å². The van der Waals surface area contributed by atoms with Gasteiger partial charge in [0.2, 0.25) is 0 Å². The van der Waals surface area contributed by atoms with Crippen molar-refractivity contribution in [3.63, 3.8) is 0 Å². The van der Waals surface area contributed by atoms with Crippen LogP contribution >= 0.6 is 0 Å². The maximum Gasteiger partial charge on any atom is 0.147 e. The Morgan fingerprint density at radius 2 is 1.11 bits per heavy atom. The Morgan fingerprint density at radius 1 is 0.500 bits per heavy atom. The van der Waals surface area contributed by atoms with Gasteiger partial charge in [-0.3, -0.25) is 0 Å². The molecule has 1 aliphatic heterocycles. The van der Waals surface area contributed by atoms with Crippen molar-refractivity contribution in [1.29, 1.82) is 0 Å². The van der Waals surface area contributed by atoms with E-state index in [9.17, 15) is 0 Å². The molecule has 0 radical (unpaired) electrons. The van der Waals surface area contributed by atoms with Crippen LogP contribution in [0.4, 0.5) is 17.1 Å². The van der Waals surface area contributed by atoms with E-state index in [0.717, 1.165) is 49.6 Å². The van der Waals surface area contributed by atoms with Crippen LogP contribution in [0.25, 0.3) is 43.9 Å². The zero-order valence-corrected chi connectivity index (χ0v) is 20.1. The Labute approximate surface area is 208 Å². The molecular weight excluding hydrogens is 442 g/mol. The first kappa shape index (κ1) is 19.8. The largest absolute Gasteiger partial charge is 0.456 e. The van der Waals surface area contributed by atoms with Gasteiger partial charge in [0, 0.05) is 16.2 Å². The maximum atomic E-state index is 6.47. The van der Waals surface area contributed by atoms with Crippen LogP contribution in [0.2, 0.25) is 0 Å². The molecule has 0 unspecified atom stereocenters. The number of para-hydroxylation sites is 3. The van der Waals surface area contributed by atoms with Crippen molar-refractivity contribution < 1.29 is 8.83 Å². The van der Waals surface area contributed by atoms with E-state index >= 15 is 0 Å². The Morgan fingerprint density at radius 3 is 1.89 bits per heavy atom. The van der Waals surface area contributed by atoms with Gasteiger partial charge < -0.3 is 13.7 Å². The van der Waals surface area contributed by atoms with Gasteiger partial charge in [-0.15, -0.1) is 0 Å². The molecule has 8 rings (SSSR count). The number of fused-ring (bicyclic) bond motifs is 9. The highest BCUT2D eigenvalue weighted by atomic mass is 16.3. The van der Waals surface area contributed by atoms with Crippen molar-refractivity contribution >= 4 is 60.9 Å². The van der Waals surface area contributed by atoms with E-state index in [4.69, 9.17) is 8.83 Å². The van der Waals surface area contributed by atoms with E-state index < -0.39 is 0 Å². The molecule has 0 bridgehead atoms. The molecule has 0 spiro atoms. The van der Waals surface area contributed by atoms with Crippen LogP contribution in [-0.2, 0) is 5.41 Å². The first-order valence-corrected chi connectivity index (χ1v) is 12.4. The minimum Gasteiger partial charge on any atom is -0.456 e. The smallest absolute Gasteiger partial charge is 0.147 e. The summed E-state index contributed by atoms with van der Waals surface area (Å²) in [4.78, 5) is 2.40. The molecule has 36 heavy (non-hydrogen) atoms. The highest BCUT2D eigenvalue weighted by Gasteiger charge is 2.37. The third-order valence-electron chi connectivity index (χ3n) is 7.86. The fourth-order valence-corrected chi connectivity index (χ4v) is 6.18. The maximum absolute atomic E-state index is 6.47. The van der Waals surface area contributed by atoms with Gasteiger partial charge in [-0.1, -0.05) is 74.5 Å². The van der Waals surface area contributed by atoms with Gasteiger partial charge in [0.1, 0.15) is 22.3 Å². The number of benzene rings is 5. The van der Waals surface area contributed by atoms with E-state index in [-0.39, 0.29) is 5.41 Å². The Kier molecular flexibility index (Phi) is 3.73. The summed E-state index contributed by atoms with van der Waals surface area (Å²) in [6.45, 7) is 4.63. The minimum atomic E-state index is -0.109. The van der Waals surface area contributed by atoms with Crippen LogP contribution < -0.4 is 4.90 Å². The standard InChI is InChI=1S/C33H23NO2/c1-33(2)22-11-4-6-13-24(22)34(25-14-7-5-12-23(25)33)26-15-9-17-28-30(26)31-29(35-28)19-18-21-20-10-3-8-16-27(20)36-32(21)31/h3-19H,1-2H3. The molecule has 0 aliphatic carbocycles. The normalized spacial score (nSPS) is 14.6. The molecule has 3 nitrogen and oxygen atoms in total. The first-order chi connectivity index (χ1) is 17.6. The lowest BCUT2D eigenvalue weighted by molar-refractivity contribution is 0.632.